The smallest absolute Gasteiger partial charge is 0.314 e. The Morgan fingerprint density at radius 1 is 0.969 bits per heavy atom. The summed E-state index contributed by atoms with van der Waals surface area (Å²) in [4.78, 5) is 40.8. The minimum absolute atomic E-state index is 0.0657. The van der Waals surface area contributed by atoms with Crippen molar-refractivity contribution in [2.45, 2.75) is 24.2 Å². The van der Waals surface area contributed by atoms with Gasteiger partial charge in [0.15, 0.2) is 0 Å². The average molecular weight is 458 g/mol. The number of aromatic nitrogens is 2. The number of carbonyl (C=O) groups excluding carboxylic acids is 1. The van der Waals surface area contributed by atoms with E-state index in [0.717, 1.165) is 19.3 Å². The highest BCUT2D eigenvalue weighted by Crippen LogP contribution is 2.30. The van der Waals surface area contributed by atoms with E-state index >= 15 is 0 Å². The van der Waals surface area contributed by atoms with Gasteiger partial charge in [-0.1, -0.05) is 6.42 Å². The molecule has 1 aliphatic heterocycles. The molecule has 2 aromatic carbocycles. The molecular formula is C21H22N4O6S. The van der Waals surface area contributed by atoms with E-state index < -0.39 is 27.0 Å². The molecule has 3 aromatic rings. The van der Waals surface area contributed by atoms with E-state index in [0.29, 0.717) is 24.4 Å². The van der Waals surface area contributed by atoms with E-state index in [-0.39, 0.29) is 21.7 Å². The fourth-order valence-corrected chi connectivity index (χ4v) is 5.19. The Kier molecular flexibility index (Phi) is 5.85. The maximum Gasteiger partial charge on any atom is 0.314 e. The van der Waals surface area contributed by atoms with Gasteiger partial charge in [-0.2, -0.15) is 4.31 Å². The predicted octanol–water partition coefficient (Wildman–Crippen LogP) is 1.65. The first kappa shape index (κ1) is 21.8. The fourth-order valence-electron chi connectivity index (χ4n) is 3.65. The van der Waals surface area contributed by atoms with Crippen molar-refractivity contribution in [3.05, 3.63) is 62.7 Å². The van der Waals surface area contributed by atoms with Crippen LogP contribution in [0.3, 0.4) is 0 Å². The van der Waals surface area contributed by atoms with Crippen molar-refractivity contribution in [1.29, 1.82) is 0 Å². The normalized spacial score (nSPS) is 14.9. The standard InChI is InChI=1S/C21H22N4O6S/c1-31-18-8-6-14(32(29,30)25-9-3-2-4-10-25)12-17(18)24-19(26)13-5-7-15-16(11-13)23-21(28)20(27)22-15/h5-8,11-12H,2-4,9-10H2,1H3,(H,22,27)(H,23,28)(H,24,26). The van der Waals surface area contributed by atoms with Crippen molar-refractivity contribution < 1.29 is 17.9 Å². The zero-order chi connectivity index (χ0) is 22.9. The molecule has 10 nitrogen and oxygen atoms in total. The number of hydrogen-bond donors (Lipinski definition) is 3. The number of fused-ring (bicyclic) bond motifs is 1. The van der Waals surface area contributed by atoms with E-state index in [9.17, 15) is 22.8 Å². The Morgan fingerprint density at radius 3 is 2.34 bits per heavy atom. The maximum absolute atomic E-state index is 13.0. The molecule has 0 radical (unpaired) electrons. The fraction of sp³-hybridized carbons (Fsp3) is 0.286. The summed E-state index contributed by atoms with van der Waals surface area (Å²) in [6.45, 7) is 0.931. The molecule has 168 valence electrons. The second-order valence-corrected chi connectivity index (χ2v) is 9.39. The molecule has 0 unspecified atom stereocenters. The van der Waals surface area contributed by atoms with Crippen LogP contribution in [0.1, 0.15) is 29.6 Å². The van der Waals surface area contributed by atoms with Crippen molar-refractivity contribution in [1.82, 2.24) is 14.3 Å². The number of methoxy groups -OCH3 is 1. The Labute approximate surface area is 183 Å². The van der Waals surface area contributed by atoms with Crippen LogP contribution in [0.5, 0.6) is 5.75 Å². The Morgan fingerprint density at radius 2 is 1.66 bits per heavy atom. The first-order valence-corrected chi connectivity index (χ1v) is 11.5. The minimum atomic E-state index is -3.69. The molecule has 0 aliphatic carbocycles. The third-order valence-corrected chi connectivity index (χ3v) is 7.25. The van der Waals surface area contributed by atoms with Crippen LogP contribution in [0, 0.1) is 0 Å². The molecule has 0 bridgehead atoms. The largest absolute Gasteiger partial charge is 0.495 e. The van der Waals surface area contributed by atoms with Crippen LogP contribution < -0.4 is 21.2 Å². The van der Waals surface area contributed by atoms with E-state index in [2.05, 4.69) is 15.3 Å². The molecular weight excluding hydrogens is 436 g/mol. The van der Waals surface area contributed by atoms with Crippen LogP contribution in [-0.4, -0.2) is 48.8 Å². The number of carbonyl (C=O) groups is 1. The third kappa shape index (κ3) is 4.16. The van der Waals surface area contributed by atoms with Crippen LogP contribution in [0.2, 0.25) is 0 Å². The number of anilines is 1. The number of hydrogen-bond acceptors (Lipinski definition) is 6. The summed E-state index contributed by atoms with van der Waals surface area (Å²) in [5.41, 5.74) is -0.551. The van der Waals surface area contributed by atoms with Gasteiger partial charge in [-0.25, -0.2) is 8.42 Å². The summed E-state index contributed by atoms with van der Waals surface area (Å²) in [5, 5.41) is 2.67. The number of H-pyrrole nitrogens is 2. The summed E-state index contributed by atoms with van der Waals surface area (Å²) in [7, 11) is -2.28. The van der Waals surface area contributed by atoms with E-state index in [1.807, 2.05) is 0 Å². The lowest BCUT2D eigenvalue weighted by atomic mass is 10.1. The quantitative estimate of drug-likeness (QED) is 0.497. The number of piperidine rings is 1. The van der Waals surface area contributed by atoms with Gasteiger partial charge < -0.3 is 20.0 Å². The van der Waals surface area contributed by atoms with E-state index in [4.69, 9.17) is 4.74 Å². The average Bonchev–Trinajstić information content (AvgIpc) is 2.80. The zero-order valence-corrected chi connectivity index (χ0v) is 18.1. The van der Waals surface area contributed by atoms with Crippen LogP contribution in [0.25, 0.3) is 11.0 Å². The van der Waals surface area contributed by atoms with Gasteiger partial charge in [0.25, 0.3) is 5.91 Å². The summed E-state index contributed by atoms with van der Waals surface area (Å²) < 4.78 is 32.8. The van der Waals surface area contributed by atoms with Crippen molar-refractivity contribution in [2.75, 3.05) is 25.5 Å². The second-order valence-electron chi connectivity index (χ2n) is 7.45. The van der Waals surface area contributed by atoms with Gasteiger partial charge in [-0.15, -0.1) is 0 Å². The molecule has 4 rings (SSSR count). The summed E-state index contributed by atoms with van der Waals surface area (Å²) >= 11 is 0. The molecule has 1 fully saturated rings. The Balaban J connectivity index is 1.66. The molecule has 1 aromatic heterocycles. The second kappa shape index (κ2) is 8.60. The number of rotatable bonds is 5. The molecule has 0 atom stereocenters. The number of nitrogens with one attached hydrogen (secondary N) is 3. The lowest BCUT2D eigenvalue weighted by Crippen LogP contribution is -2.35. The SMILES string of the molecule is COc1ccc(S(=O)(=O)N2CCCCC2)cc1NC(=O)c1ccc2[nH]c(=O)c(=O)[nH]c2c1. The van der Waals surface area contributed by atoms with E-state index in [1.165, 1.54) is 47.8 Å². The Bertz CT molecular complexity index is 1400. The highest BCUT2D eigenvalue weighted by molar-refractivity contribution is 7.89. The summed E-state index contributed by atoms with van der Waals surface area (Å²) in [6.07, 6.45) is 2.63. The lowest BCUT2D eigenvalue weighted by molar-refractivity contribution is 0.102. The molecule has 1 amide bonds. The number of benzene rings is 2. The summed E-state index contributed by atoms with van der Waals surface area (Å²) in [6, 6.07) is 8.72. The maximum atomic E-state index is 13.0. The molecule has 1 aliphatic rings. The number of nitrogens with zero attached hydrogens (tertiary/aromatic N) is 1. The molecule has 32 heavy (non-hydrogen) atoms. The van der Waals surface area contributed by atoms with Crippen LogP contribution >= 0.6 is 0 Å². The monoisotopic (exact) mass is 458 g/mol. The molecule has 2 heterocycles. The number of aromatic amines is 2. The van der Waals surface area contributed by atoms with Gasteiger partial charge in [-0.05, 0) is 49.2 Å². The number of ether oxygens (including phenoxy) is 1. The number of sulfonamides is 1. The molecule has 11 heteroatoms. The van der Waals surface area contributed by atoms with Crippen molar-refractivity contribution in [3.63, 3.8) is 0 Å². The number of amides is 1. The highest BCUT2D eigenvalue weighted by Gasteiger charge is 2.27. The third-order valence-electron chi connectivity index (χ3n) is 5.36. The minimum Gasteiger partial charge on any atom is -0.495 e. The van der Waals surface area contributed by atoms with Crippen LogP contribution in [0.4, 0.5) is 5.69 Å². The zero-order valence-electron chi connectivity index (χ0n) is 17.3. The molecule has 1 saturated heterocycles. The van der Waals surface area contributed by atoms with Crippen LogP contribution in [-0.2, 0) is 10.0 Å². The van der Waals surface area contributed by atoms with E-state index in [1.54, 1.807) is 0 Å². The Hall–Kier alpha value is -3.44. The first-order chi connectivity index (χ1) is 15.3. The molecule has 0 spiro atoms. The van der Waals surface area contributed by atoms with Gasteiger partial charge in [-0.3, -0.25) is 14.4 Å². The van der Waals surface area contributed by atoms with Gasteiger partial charge in [0.05, 0.1) is 28.7 Å². The van der Waals surface area contributed by atoms with Gasteiger partial charge in [0.1, 0.15) is 5.75 Å². The van der Waals surface area contributed by atoms with Crippen LogP contribution in [0.15, 0.2) is 50.9 Å². The topological polar surface area (TPSA) is 141 Å². The van der Waals surface area contributed by atoms with Gasteiger partial charge in [0, 0.05) is 18.7 Å². The first-order valence-electron chi connectivity index (χ1n) is 10.1. The van der Waals surface area contributed by atoms with Crippen molar-refractivity contribution >= 4 is 32.7 Å². The van der Waals surface area contributed by atoms with Crippen molar-refractivity contribution in [2.24, 2.45) is 0 Å². The van der Waals surface area contributed by atoms with Gasteiger partial charge >= 0.3 is 11.1 Å². The van der Waals surface area contributed by atoms with Crippen molar-refractivity contribution in [3.8, 4) is 5.75 Å². The van der Waals surface area contributed by atoms with Gasteiger partial charge in [0.2, 0.25) is 10.0 Å². The summed E-state index contributed by atoms with van der Waals surface area (Å²) in [5.74, 6) is -0.237. The highest BCUT2D eigenvalue weighted by atomic mass is 32.2. The molecule has 0 saturated carbocycles. The predicted molar refractivity (Wildman–Crippen MR) is 119 cm³/mol. The molecule has 3 N–H and O–H groups in total. The lowest BCUT2D eigenvalue weighted by Gasteiger charge is -2.26.